The Labute approximate surface area is 93.9 Å². The van der Waals surface area contributed by atoms with Crippen LogP contribution in [0.15, 0.2) is 30.6 Å². The highest BCUT2D eigenvalue weighted by molar-refractivity contribution is 6.06. The van der Waals surface area contributed by atoms with Gasteiger partial charge in [0.25, 0.3) is 0 Å². The zero-order chi connectivity index (χ0) is 11.5. The van der Waals surface area contributed by atoms with E-state index < -0.39 is 0 Å². The van der Waals surface area contributed by atoms with Crippen molar-refractivity contribution >= 4 is 5.78 Å². The number of pyridine rings is 1. The van der Waals surface area contributed by atoms with Gasteiger partial charge in [0, 0.05) is 18.9 Å². The van der Waals surface area contributed by atoms with Crippen LogP contribution >= 0.6 is 0 Å². The summed E-state index contributed by atoms with van der Waals surface area (Å²) < 4.78 is 1.67. The van der Waals surface area contributed by atoms with Gasteiger partial charge in [-0.25, -0.2) is 0 Å². The maximum Gasteiger partial charge on any atom is 0.229 e. The minimum atomic E-state index is -0.0805. The summed E-state index contributed by atoms with van der Waals surface area (Å²) in [5.41, 5.74) is 2.08. The molecular weight excluding hydrogens is 202 g/mol. The zero-order valence-corrected chi connectivity index (χ0v) is 9.34. The van der Waals surface area contributed by atoms with Gasteiger partial charge >= 0.3 is 0 Å². The molecule has 0 aromatic carbocycles. The second kappa shape index (κ2) is 4.26. The Balaban J connectivity index is 2.39. The van der Waals surface area contributed by atoms with Gasteiger partial charge in [-0.2, -0.15) is 5.10 Å². The number of ketones is 1. The van der Waals surface area contributed by atoms with Crippen LogP contribution in [0.3, 0.4) is 0 Å². The first-order valence-corrected chi connectivity index (χ1v) is 5.21. The van der Waals surface area contributed by atoms with E-state index in [0.29, 0.717) is 17.9 Å². The Hall–Kier alpha value is -1.97. The number of rotatable bonds is 3. The number of nitrogens with zero attached hydrogens (tertiary/aromatic N) is 3. The number of aryl methyl sites for hydroxylation is 2. The van der Waals surface area contributed by atoms with Crippen LogP contribution in [-0.2, 0) is 6.54 Å². The molecule has 0 saturated carbocycles. The molecule has 16 heavy (non-hydrogen) atoms. The standard InChI is InChI=1S/C12H13N3O/c1-3-15-11(5-7-14-15)12(16)10-8-9(2)4-6-13-10/h4-8H,3H2,1-2H3. The van der Waals surface area contributed by atoms with Gasteiger partial charge in [0.05, 0.1) is 0 Å². The highest BCUT2D eigenvalue weighted by Crippen LogP contribution is 2.08. The summed E-state index contributed by atoms with van der Waals surface area (Å²) >= 11 is 0. The summed E-state index contributed by atoms with van der Waals surface area (Å²) in [4.78, 5) is 16.2. The van der Waals surface area contributed by atoms with Gasteiger partial charge in [0.1, 0.15) is 11.4 Å². The van der Waals surface area contributed by atoms with E-state index in [-0.39, 0.29) is 5.78 Å². The third-order valence-corrected chi connectivity index (χ3v) is 2.40. The highest BCUT2D eigenvalue weighted by Gasteiger charge is 2.14. The van der Waals surface area contributed by atoms with E-state index in [4.69, 9.17) is 0 Å². The van der Waals surface area contributed by atoms with Gasteiger partial charge in [0.2, 0.25) is 5.78 Å². The minimum Gasteiger partial charge on any atom is -0.285 e. The Morgan fingerprint density at radius 3 is 2.88 bits per heavy atom. The second-order valence-electron chi connectivity index (χ2n) is 3.58. The van der Waals surface area contributed by atoms with Crippen molar-refractivity contribution in [1.82, 2.24) is 14.8 Å². The Morgan fingerprint density at radius 2 is 2.19 bits per heavy atom. The van der Waals surface area contributed by atoms with Crippen molar-refractivity contribution in [3.63, 3.8) is 0 Å². The number of aromatic nitrogens is 3. The molecule has 0 aliphatic rings. The van der Waals surface area contributed by atoms with Gasteiger partial charge < -0.3 is 0 Å². The van der Waals surface area contributed by atoms with Crippen molar-refractivity contribution in [2.75, 3.05) is 0 Å². The Morgan fingerprint density at radius 1 is 1.38 bits per heavy atom. The summed E-state index contributed by atoms with van der Waals surface area (Å²) in [7, 11) is 0. The van der Waals surface area contributed by atoms with E-state index in [9.17, 15) is 4.79 Å². The molecule has 0 N–H and O–H groups in total. The van der Waals surface area contributed by atoms with Gasteiger partial charge in [-0.3, -0.25) is 14.5 Å². The quantitative estimate of drug-likeness (QED) is 0.734. The zero-order valence-electron chi connectivity index (χ0n) is 9.34. The largest absolute Gasteiger partial charge is 0.285 e. The second-order valence-corrected chi connectivity index (χ2v) is 3.58. The van der Waals surface area contributed by atoms with Crippen LogP contribution in [0.4, 0.5) is 0 Å². The molecule has 0 saturated heterocycles. The van der Waals surface area contributed by atoms with Crippen LogP contribution in [-0.4, -0.2) is 20.5 Å². The topological polar surface area (TPSA) is 47.8 Å². The lowest BCUT2D eigenvalue weighted by Crippen LogP contribution is -2.11. The predicted molar refractivity (Wildman–Crippen MR) is 60.3 cm³/mol. The summed E-state index contributed by atoms with van der Waals surface area (Å²) in [6, 6.07) is 5.37. The third-order valence-electron chi connectivity index (χ3n) is 2.40. The molecule has 4 heteroatoms. The monoisotopic (exact) mass is 215 g/mol. The molecule has 0 aliphatic carbocycles. The van der Waals surface area contributed by atoms with E-state index in [1.54, 1.807) is 29.2 Å². The number of hydrogen-bond donors (Lipinski definition) is 0. The fraction of sp³-hybridized carbons (Fsp3) is 0.250. The first kappa shape index (κ1) is 10.5. The van der Waals surface area contributed by atoms with E-state index in [0.717, 1.165) is 5.56 Å². The molecule has 0 radical (unpaired) electrons. The molecule has 0 aliphatic heterocycles. The molecule has 0 unspecified atom stereocenters. The van der Waals surface area contributed by atoms with E-state index in [1.807, 2.05) is 19.9 Å². The number of carbonyl (C=O) groups is 1. The normalized spacial score (nSPS) is 10.4. The van der Waals surface area contributed by atoms with Crippen molar-refractivity contribution in [3.05, 3.63) is 47.5 Å². The molecule has 2 aromatic rings. The number of carbonyl (C=O) groups excluding carboxylic acids is 1. The van der Waals surface area contributed by atoms with E-state index in [1.165, 1.54) is 0 Å². The number of hydrogen-bond acceptors (Lipinski definition) is 3. The predicted octanol–water partition coefficient (Wildman–Crippen LogP) is 1.84. The fourth-order valence-electron chi connectivity index (χ4n) is 1.57. The van der Waals surface area contributed by atoms with Crippen LogP contribution in [0.25, 0.3) is 0 Å². The van der Waals surface area contributed by atoms with Crippen molar-refractivity contribution < 1.29 is 4.79 Å². The molecular formula is C12H13N3O. The van der Waals surface area contributed by atoms with Crippen LogP contribution < -0.4 is 0 Å². The molecule has 82 valence electrons. The van der Waals surface area contributed by atoms with Crippen LogP contribution in [0.2, 0.25) is 0 Å². The summed E-state index contributed by atoms with van der Waals surface area (Å²) in [5, 5.41) is 4.07. The van der Waals surface area contributed by atoms with Crippen molar-refractivity contribution in [2.45, 2.75) is 20.4 Å². The molecule has 2 heterocycles. The fourth-order valence-corrected chi connectivity index (χ4v) is 1.57. The molecule has 0 fully saturated rings. The first-order chi connectivity index (χ1) is 7.72. The highest BCUT2D eigenvalue weighted by atomic mass is 16.1. The molecule has 0 amide bonds. The van der Waals surface area contributed by atoms with Crippen LogP contribution in [0, 0.1) is 6.92 Å². The lowest BCUT2D eigenvalue weighted by atomic mass is 10.1. The van der Waals surface area contributed by atoms with Gasteiger partial charge in [-0.05, 0) is 37.6 Å². The summed E-state index contributed by atoms with van der Waals surface area (Å²) in [6.45, 7) is 4.57. The summed E-state index contributed by atoms with van der Waals surface area (Å²) in [5.74, 6) is -0.0805. The van der Waals surface area contributed by atoms with Crippen LogP contribution in [0.1, 0.15) is 28.7 Å². The lowest BCUT2D eigenvalue weighted by molar-refractivity contribution is 0.102. The molecule has 4 nitrogen and oxygen atoms in total. The molecule has 0 spiro atoms. The molecule has 0 bridgehead atoms. The minimum absolute atomic E-state index is 0.0805. The smallest absolute Gasteiger partial charge is 0.229 e. The van der Waals surface area contributed by atoms with E-state index in [2.05, 4.69) is 10.1 Å². The lowest BCUT2D eigenvalue weighted by Gasteiger charge is -2.03. The van der Waals surface area contributed by atoms with Gasteiger partial charge in [0.15, 0.2) is 0 Å². The average Bonchev–Trinajstić information content (AvgIpc) is 2.76. The third kappa shape index (κ3) is 1.86. The van der Waals surface area contributed by atoms with E-state index >= 15 is 0 Å². The molecule has 0 atom stereocenters. The maximum absolute atomic E-state index is 12.1. The molecule has 2 aromatic heterocycles. The Bertz CT molecular complexity index is 516. The SMILES string of the molecule is CCn1nccc1C(=O)c1cc(C)ccn1. The van der Waals surface area contributed by atoms with Crippen LogP contribution in [0.5, 0.6) is 0 Å². The van der Waals surface area contributed by atoms with Gasteiger partial charge in [-0.1, -0.05) is 0 Å². The molecule has 2 rings (SSSR count). The van der Waals surface area contributed by atoms with Crippen molar-refractivity contribution in [1.29, 1.82) is 0 Å². The first-order valence-electron chi connectivity index (χ1n) is 5.21. The van der Waals surface area contributed by atoms with Crippen molar-refractivity contribution in [3.8, 4) is 0 Å². The van der Waals surface area contributed by atoms with Gasteiger partial charge in [-0.15, -0.1) is 0 Å². The average molecular weight is 215 g/mol. The summed E-state index contributed by atoms with van der Waals surface area (Å²) in [6.07, 6.45) is 3.28. The van der Waals surface area contributed by atoms with Crippen molar-refractivity contribution in [2.24, 2.45) is 0 Å². The maximum atomic E-state index is 12.1. The Kier molecular flexibility index (Phi) is 2.81.